The Balaban J connectivity index is 2.37. The number of methoxy groups -OCH3 is 1. The number of rotatable bonds is 3. The molecular weight excluding hydrogens is 260 g/mol. The summed E-state index contributed by atoms with van der Waals surface area (Å²) in [7, 11) is 1.56. The van der Waals surface area contributed by atoms with Gasteiger partial charge in [0.2, 0.25) is 0 Å². The normalized spacial score (nSPS) is 12.3. The van der Waals surface area contributed by atoms with Crippen molar-refractivity contribution in [1.82, 2.24) is 0 Å². The molecule has 0 amide bonds. The van der Waals surface area contributed by atoms with Gasteiger partial charge in [0, 0.05) is 0 Å². The number of aliphatic hydroxyl groups is 1. The minimum absolute atomic E-state index is 0.540. The Morgan fingerprint density at radius 1 is 1.00 bits per heavy atom. The summed E-state index contributed by atoms with van der Waals surface area (Å²) in [6, 6.07) is 11.3. The number of hydrogen-bond acceptors (Lipinski definition) is 2. The molecule has 19 heavy (non-hydrogen) atoms. The number of aryl methyl sites for hydroxylation is 2. The lowest BCUT2D eigenvalue weighted by molar-refractivity contribution is 0.219. The Hall–Kier alpha value is -1.51. The van der Waals surface area contributed by atoms with Crippen LogP contribution in [0.3, 0.4) is 0 Å². The van der Waals surface area contributed by atoms with Gasteiger partial charge >= 0.3 is 0 Å². The Morgan fingerprint density at radius 3 is 2.26 bits per heavy atom. The van der Waals surface area contributed by atoms with Gasteiger partial charge in [-0.05, 0) is 48.2 Å². The molecule has 0 bridgehead atoms. The van der Waals surface area contributed by atoms with Crippen LogP contribution in [0.4, 0.5) is 0 Å². The molecule has 2 rings (SSSR count). The zero-order valence-electron chi connectivity index (χ0n) is 11.3. The van der Waals surface area contributed by atoms with E-state index in [9.17, 15) is 5.11 Å². The van der Waals surface area contributed by atoms with E-state index in [1.165, 1.54) is 5.56 Å². The van der Waals surface area contributed by atoms with Gasteiger partial charge in [-0.15, -0.1) is 0 Å². The second-order valence-electron chi connectivity index (χ2n) is 4.64. The van der Waals surface area contributed by atoms with Crippen LogP contribution in [0.1, 0.15) is 28.4 Å². The molecule has 2 nitrogen and oxygen atoms in total. The van der Waals surface area contributed by atoms with Gasteiger partial charge in [0.1, 0.15) is 11.9 Å². The van der Waals surface area contributed by atoms with Crippen LogP contribution in [0.2, 0.25) is 5.02 Å². The second-order valence-corrected chi connectivity index (χ2v) is 5.05. The number of benzene rings is 2. The van der Waals surface area contributed by atoms with Crippen molar-refractivity contribution in [2.45, 2.75) is 20.0 Å². The van der Waals surface area contributed by atoms with Crippen LogP contribution < -0.4 is 4.74 Å². The second kappa shape index (κ2) is 5.64. The van der Waals surface area contributed by atoms with Gasteiger partial charge < -0.3 is 9.84 Å². The van der Waals surface area contributed by atoms with Crippen LogP contribution in [-0.2, 0) is 0 Å². The molecule has 0 aromatic heterocycles. The Labute approximate surface area is 118 Å². The standard InChI is InChI=1S/C16H17ClO2/c1-10-4-5-12(8-11(10)2)16(18)13-6-7-14(17)15(9-13)19-3/h4-9,16,18H,1-3H3. The van der Waals surface area contributed by atoms with Gasteiger partial charge in [0.05, 0.1) is 12.1 Å². The first kappa shape index (κ1) is 13.9. The largest absolute Gasteiger partial charge is 0.495 e. The Morgan fingerprint density at radius 2 is 1.63 bits per heavy atom. The lowest BCUT2D eigenvalue weighted by Crippen LogP contribution is -2.01. The topological polar surface area (TPSA) is 29.5 Å². The summed E-state index contributed by atoms with van der Waals surface area (Å²) in [5.74, 6) is 0.571. The van der Waals surface area contributed by atoms with Crippen molar-refractivity contribution in [2.75, 3.05) is 7.11 Å². The van der Waals surface area contributed by atoms with Crippen molar-refractivity contribution in [3.63, 3.8) is 0 Å². The van der Waals surface area contributed by atoms with E-state index >= 15 is 0 Å². The highest BCUT2D eigenvalue weighted by atomic mass is 35.5. The van der Waals surface area contributed by atoms with Crippen molar-refractivity contribution in [3.05, 3.63) is 63.7 Å². The summed E-state index contributed by atoms with van der Waals surface area (Å²) in [4.78, 5) is 0. The fraction of sp³-hybridized carbons (Fsp3) is 0.250. The number of aliphatic hydroxyl groups excluding tert-OH is 1. The SMILES string of the molecule is COc1cc(C(O)c2ccc(C)c(C)c2)ccc1Cl. The highest BCUT2D eigenvalue weighted by molar-refractivity contribution is 6.32. The zero-order valence-corrected chi connectivity index (χ0v) is 12.0. The molecule has 2 aromatic carbocycles. The molecule has 2 aromatic rings. The Bertz CT molecular complexity index is 593. The van der Waals surface area contributed by atoms with E-state index in [1.807, 2.05) is 31.2 Å². The number of ether oxygens (including phenoxy) is 1. The molecule has 1 N–H and O–H groups in total. The van der Waals surface area contributed by atoms with Crippen LogP contribution in [-0.4, -0.2) is 12.2 Å². The summed E-state index contributed by atoms with van der Waals surface area (Å²) < 4.78 is 5.17. The molecule has 100 valence electrons. The average Bonchev–Trinajstić information content (AvgIpc) is 2.41. The van der Waals surface area contributed by atoms with E-state index in [4.69, 9.17) is 16.3 Å². The molecule has 1 unspecified atom stereocenters. The fourth-order valence-electron chi connectivity index (χ4n) is 1.97. The molecule has 0 aliphatic rings. The van der Waals surface area contributed by atoms with E-state index in [-0.39, 0.29) is 0 Å². The summed E-state index contributed by atoms with van der Waals surface area (Å²) in [6.07, 6.45) is -0.675. The van der Waals surface area contributed by atoms with Gasteiger partial charge in [-0.25, -0.2) is 0 Å². The minimum Gasteiger partial charge on any atom is -0.495 e. The third kappa shape index (κ3) is 2.91. The van der Waals surface area contributed by atoms with Crippen molar-refractivity contribution >= 4 is 11.6 Å². The third-order valence-corrected chi connectivity index (χ3v) is 3.65. The van der Waals surface area contributed by atoms with Gasteiger partial charge in [0.15, 0.2) is 0 Å². The monoisotopic (exact) mass is 276 g/mol. The Kier molecular flexibility index (Phi) is 4.13. The molecule has 0 saturated carbocycles. The van der Waals surface area contributed by atoms with Gasteiger partial charge in [-0.2, -0.15) is 0 Å². The zero-order chi connectivity index (χ0) is 14.0. The fourth-order valence-corrected chi connectivity index (χ4v) is 2.17. The molecule has 0 aliphatic heterocycles. The molecule has 1 atom stereocenters. The van der Waals surface area contributed by atoms with Crippen molar-refractivity contribution in [3.8, 4) is 5.75 Å². The van der Waals surface area contributed by atoms with Gasteiger partial charge in [-0.1, -0.05) is 35.9 Å². The van der Waals surface area contributed by atoms with Crippen LogP contribution in [0, 0.1) is 13.8 Å². The summed E-state index contributed by atoms with van der Waals surface area (Å²) in [5, 5.41) is 11.0. The summed E-state index contributed by atoms with van der Waals surface area (Å²) in [5.41, 5.74) is 4.01. The molecule has 0 fully saturated rings. The molecule has 0 saturated heterocycles. The third-order valence-electron chi connectivity index (χ3n) is 3.34. The van der Waals surface area contributed by atoms with Crippen LogP contribution in [0.25, 0.3) is 0 Å². The molecule has 0 aliphatic carbocycles. The van der Waals surface area contributed by atoms with Gasteiger partial charge in [0.25, 0.3) is 0 Å². The maximum Gasteiger partial charge on any atom is 0.137 e. The van der Waals surface area contributed by atoms with Crippen molar-refractivity contribution < 1.29 is 9.84 Å². The smallest absolute Gasteiger partial charge is 0.137 e. The van der Waals surface area contributed by atoms with Gasteiger partial charge in [-0.3, -0.25) is 0 Å². The van der Waals surface area contributed by atoms with E-state index in [0.29, 0.717) is 10.8 Å². The highest BCUT2D eigenvalue weighted by Gasteiger charge is 2.13. The summed E-state index contributed by atoms with van der Waals surface area (Å²) in [6.45, 7) is 4.09. The predicted molar refractivity (Wildman–Crippen MR) is 78.0 cm³/mol. The van der Waals surface area contributed by atoms with E-state index in [2.05, 4.69) is 6.92 Å². The quantitative estimate of drug-likeness (QED) is 0.916. The van der Waals surface area contributed by atoms with E-state index in [0.717, 1.165) is 16.7 Å². The average molecular weight is 277 g/mol. The minimum atomic E-state index is -0.675. The maximum atomic E-state index is 10.4. The molecule has 3 heteroatoms. The highest BCUT2D eigenvalue weighted by Crippen LogP contribution is 2.30. The molecular formula is C16H17ClO2. The van der Waals surface area contributed by atoms with Crippen molar-refractivity contribution in [2.24, 2.45) is 0 Å². The van der Waals surface area contributed by atoms with Crippen LogP contribution in [0.5, 0.6) is 5.75 Å². The maximum absolute atomic E-state index is 10.4. The number of hydrogen-bond donors (Lipinski definition) is 1. The first-order valence-electron chi connectivity index (χ1n) is 6.11. The van der Waals surface area contributed by atoms with E-state index in [1.54, 1.807) is 19.2 Å². The first-order valence-corrected chi connectivity index (χ1v) is 6.49. The first-order chi connectivity index (χ1) is 9.02. The summed E-state index contributed by atoms with van der Waals surface area (Å²) >= 11 is 5.99. The molecule has 0 spiro atoms. The number of halogens is 1. The predicted octanol–water partition coefficient (Wildman–Crippen LogP) is 4.05. The van der Waals surface area contributed by atoms with Crippen molar-refractivity contribution in [1.29, 1.82) is 0 Å². The van der Waals surface area contributed by atoms with E-state index < -0.39 is 6.10 Å². The molecule has 0 heterocycles. The van der Waals surface area contributed by atoms with Crippen LogP contribution >= 0.6 is 11.6 Å². The molecule has 0 radical (unpaired) electrons. The lowest BCUT2D eigenvalue weighted by Gasteiger charge is -2.14. The lowest BCUT2D eigenvalue weighted by atomic mass is 9.98. The van der Waals surface area contributed by atoms with Crippen LogP contribution in [0.15, 0.2) is 36.4 Å².